The Bertz CT molecular complexity index is 445. The molecule has 2 heterocycles. The first kappa shape index (κ1) is 14.6. The van der Waals surface area contributed by atoms with Gasteiger partial charge in [-0.2, -0.15) is 0 Å². The van der Waals surface area contributed by atoms with Crippen molar-refractivity contribution < 1.29 is 14.0 Å². The molecular weight excluding hydrogens is 258 g/mol. The summed E-state index contributed by atoms with van der Waals surface area (Å²) in [5.41, 5.74) is 0. The third kappa shape index (κ3) is 4.38. The number of nitrogens with one attached hydrogen (secondary N) is 2. The summed E-state index contributed by atoms with van der Waals surface area (Å²) >= 11 is 0. The fraction of sp³-hybridized carbons (Fsp3) is 0.571. The van der Waals surface area contributed by atoms with Crippen LogP contribution in [0, 0.1) is 0 Å². The van der Waals surface area contributed by atoms with Crippen LogP contribution >= 0.6 is 0 Å². The van der Waals surface area contributed by atoms with E-state index in [1.165, 1.54) is 0 Å². The molecule has 2 rings (SSSR count). The molecule has 0 aliphatic carbocycles. The maximum atomic E-state index is 11.9. The first-order valence-corrected chi connectivity index (χ1v) is 6.93. The molecule has 6 heteroatoms. The van der Waals surface area contributed by atoms with Crippen LogP contribution in [-0.4, -0.2) is 42.9 Å². The number of hydrogen-bond donors (Lipinski definition) is 2. The van der Waals surface area contributed by atoms with E-state index in [9.17, 15) is 9.59 Å². The van der Waals surface area contributed by atoms with Crippen molar-refractivity contribution in [3.63, 3.8) is 0 Å². The van der Waals surface area contributed by atoms with Gasteiger partial charge in [0, 0.05) is 6.54 Å². The maximum Gasteiger partial charge on any atom is 0.242 e. The number of carbonyl (C=O) groups excluding carboxylic acids is 2. The minimum absolute atomic E-state index is 0.0791. The van der Waals surface area contributed by atoms with Crippen LogP contribution in [0.2, 0.25) is 0 Å². The summed E-state index contributed by atoms with van der Waals surface area (Å²) in [6, 6.07) is 3.29. The lowest BCUT2D eigenvalue weighted by molar-refractivity contribution is -0.129. The summed E-state index contributed by atoms with van der Waals surface area (Å²) in [5, 5.41) is 5.60. The summed E-state index contributed by atoms with van der Waals surface area (Å²) < 4.78 is 5.23. The van der Waals surface area contributed by atoms with Crippen LogP contribution in [-0.2, 0) is 16.1 Å². The predicted octanol–water partition coefficient (Wildman–Crippen LogP) is 0.496. The number of furan rings is 1. The van der Waals surface area contributed by atoms with Gasteiger partial charge in [-0.05, 0) is 38.4 Å². The molecule has 2 amide bonds. The number of likely N-dealkylation sites (N-methyl/N-ethyl adjacent to an activating group) is 1. The molecule has 1 saturated heterocycles. The topological polar surface area (TPSA) is 74.6 Å². The lowest BCUT2D eigenvalue weighted by Crippen LogP contribution is -2.48. The van der Waals surface area contributed by atoms with Gasteiger partial charge in [0.2, 0.25) is 11.8 Å². The average molecular weight is 279 g/mol. The fourth-order valence-corrected chi connectivity index (χ4v) is 2.29. The van der Waals surface area contributed by atoms with Crippen LogP contribution in [0.25, 0.3) is 0 Å². The van der Waals surface area contributed by atoms with Crippen LogP contribution in [0.5, 0.6) is 0 Å². The van der Waals surface area contributed by atoms with E-state index in [4.69, 9.17) is 4.42 Å². The standard InChI is InChI=1S/C14H21N3O3/c1-17(9-11-5-4-8-20-11)10-13(18)16-12-6-2-3-7-15-14(12)19/h4-5,8,12H,2-3,6-7,9-10H2,1H3,(H,15,19)(H,16,18). The highest BCUT2D eigenvalue weighted by Gasteiger charge is 2.22. The van der Waals surface area contributed by atoms with Gasteiger partial charge in [-0.25, -0.2) is 0 Å². The third-order valence-corrected chi connectivity index (χ3v) is 3.29. The van der Waals surface area contributed by atoms with Gasteiger partial charge in [0.1, 0.15) is 11.8 Å². The third-order valence-electron chi connectivity index (χ3n) is 3.29. The van der Waals surface area contributed by atoms with Gasteiger partial charge in [-0.1, -0.05) is 0 Å². The summed E-state index contributed by atoms with van der Waals surface area (Å²) in [6.45, 7) is 1.51. The Balaban J connectivity index is 1.77. The first-order chi connectivity index (χ1) is 9.65. The molecule has 20 heavy (non-hydrogen) atoms. The second kappa shape index (κ2) is 7.09. The normalized spacial score (nSPS) is 19.5. The zero-order valence-electron chi connectivity index (χ0n) is 11.7. The molecule has 1 atom stereocenters. The van der Waals surface area contributed by atoms with E-state index >= 15 is 0 Å². The van der Waals surface area contributed by atoms with E-state index in [0.29, 0.717) is 19.5 Å². The number of nitrogens with zero attached hydrogens (tertiary/aromatic N) is 1. The van der Waals surface area contributed by atoms with Crippen molar-refractivity contribution in [2.24, 2.45) is 0 Å². The lowest BCUT2D eigenvalue weighted by atomic mass is 10.1. The second-order valence-electron chi connectivity index (χ2n) is 5.16. The van der Waals surface area contributed by atoms with Gasteiger partial charge in [-0.15, -0.1) is 0 Å². The summed E-state index contributed by atoms with van der Waals surface area (Å²) in [7, 11) is 1.84. The molecule has 1 aromatic rings. The molecule has 0 radical (unpaired) electrons. The molecule has 1 fully saturated rings. The van der Waals surface area contributed by atoms with Crippen molar-refractivity contribution in [3.8, 4) is 0 Å². The highest BCUT2D eigenvalue weighted by molar-refractivity contribution is 5.88. The Morgan fingerprint density at radius 2 is 2.40 bits per heavy atom. The minimum atomic E-state index is -0.401. The van der Waals surface area contributed by atoms with Gasteiger partial charge in [0.05, 0.1) is 19.4 Å². The molecule has 110 valence electrons. The van der Waals surface area contributed by atoms with Crippen LogP contribution in [0.15, 0.2) is 22.8 Å². The van der Waals surface area contributed by atoms with Gasteiger partial charge >= 0.3 is 0 Å². The molecule has 1 aromatic heterocycles. The van der Waals surface area contributed by atoms with Crippen LogP contribution in [0.1, 0.15) is 25.0 Å². The Kier molecular flexibility index (Phi) is 5.17. The van der Waals surface area contributed by atoms with Gasteiger partial charge in [0.25, 0.3) is 0 Å². The van der Waals surface area contributed by atoms with Crippen LogP contribution in [0.4, 0.5) is 0 Å². The molecule has 2 N–H and O–H groups in total. The van der Waals surface area contributed by atoms with E-state index in [1.54, 1.807) is 6.26 Å². The number of rotatable bonds is 5. The Morgan fingerprint density at radius 3 is 3.15 bits per heavy atom. The molecule has 1 aliphatic rings. The SMILES string of the molecule is CN(CC(=O)NC1CCCCNC1=O)Cc1ccco1. The van der Waals surface area contributed by atoms with E-state index in [0.717, 1.165) is 18.6 Å². The monoisotopic (exact) mass is 279 g/mol. The van der Waals surface area contributed by atoms with Crippen molar-refractivity contribution in [1.29, 1.82) is 0 Å². The predicted molar refractivity (Wildman–Crippen MR) is 73.8 cm³/mol. The zero-order valence-corrected chi connectivity index (χ0v) is 11.7. The molecule has 1 aliphatic heterocycles. The minimum Gasteiger partial charge on any atom is -0.468 e. The molecule has 0 bridgehead atoms. The zero-order chi connectivity index (χ0) is 14.4. The molecule has 1 unspecified atom stereocenters. The molecule has 0 aromatic carbocycles. The number of amides is 2. The van der Waals surface area contributed by atoms with Crippen molar-refractivity contribution in [2.75, 3.05) is 20.1 Å². The van der Waals surface area contributed by atoms with E-state index < -0.39 is 6.04 Å². The molecular formula is C14H21N3O3. The summed E-state index contributed by atoms with van der Waals surface area (Å²) in [6.07, 6.45) is 4.24. The van der Waals surface area contributed by atoms with Crippen molar-refractivity contribution >= 4 is 11.8 Å². The highest BCUT2D eigenvalue weighted by atomic mass is 16.3. The quantitative estimate of drug-likeness (QED) is 0.823. The average Bonchev–Trinajstić information content (AvgIpc) is 2.81. The van der Waals surface area contributed by atoms with Crippen LogP contribution in [0.3, 0.4) is 0 Å². The molecule has 0 saturated carbocycles. The van der Waals surface area contributed by atoms with Gasteiger partial charge < -0.3 is 15.1 Å². The smallest absolute Gasteiger partial charge is 0.242 e. The maximum absolute atomic E-state index is 11.9. The second-order valence-corrected chi connectivity index (χ2v) is 5.16. The largest absolute Gasteiger partial charge is 0.468 e. The van der Waals surface area contributed by atoms with E-state index in [2.05, 4.69) is 10.6 Å². The van der Waals surface area contributed by atoms with Gasteiger partial charge in [0.15, 0.2) is 0 Å². The molecule has 0 spiro atoms. The van der Waals surface area contributed by atoms with Crippen molar-refractivity contribution in [3.05, 3.63) is 24.2 Å². The lowest BCUT2D eigenvalue weighted by Gasteiger charge is -2.18. The van der Waals surface area contributed by atoms with Crippen molar-refractivity contribution in [2.45, 2.75) is 31.8 Å². The van der Waals surface area contributed by atoms with Gasteiger partial charge in [-0.3, -0.25) is 14.5 Å². The fourth-order valence-electron chi connectivity index (χ4n) is 2.29. The summed E-state index contributed by atoms with van der Waals surface area (Å²) in [5.74, 6) is 0.596. The van der Waals surface area contributed by atoms with E-state index in [-0.39, 0.29) is 18.4 Å². The van der Waals surface area contributed by atoms with E-state index in [1.807, 2.05) is 24.1 Å². The highest BCUT2D eigenvalue weighted by Crippen LogP contribution is 2.06. The Hall–Kier alpha value is -1.82. The number of carbonyl (C=O) groups is 2. The molecule has 6 nitrogen and oxygen atoms in total. The first-order valence-electron chi connectivity index (χ1n) is 6.93. The van der Waals surface area contributed by atoms with Crippen molar-refractivity contribution in [1.82, 2.24) is 15.5 Å². The number of hydrogen-bond acceptors (Lipinski definition) is 4. The van der Waals surface area contributed by atoms with Crippen LogP contribution < -0.4 is 10.6 Å². The Labute approximate surface area is 118 Å². The Morgan fingerprint density at radius 1 is 1.55 bits per heavy atom. The summed E-state index contributed by atoms with van der Waals surface area (Å²) in [4.78, 5) is 25.5.